The first-order valence-electron chi connectivity index (χ1n) is 9.95. The minimum Gasteiger partial charge on any atom is -0.490 e. The fourth-order valence-corrected chi connectivity index (χ4v) is 3.73. The molecule has 0 fully saturated rings. The number of nitrogens with one attached hydrogen (secondary N) is 2. The van der Waals surface area contributed by atoms with Gasteiger partial charge in [0.25, 0.3) is 0 Å². The van der Waals surface area contributed by atoms with Crippen LogP contribution in [0.5, 0.6) is 11.5 Å². The summed E-state index contributed by atoms with van der Waals surface area (Å²) in [6, 6.07) is 12.9. The number of hydrogen-bond acceptors (Lipinski definition) is 5. The van der Waals surface area contributed by atoms with Crippen LogP contribution in [0.3, 0.4) is 0 Å². The van der Waals surface area contributed by atoms with Crippen LogP contribution in [0.4, 0.5) is 16.2 Å². The van der Waals surface area contributed by atoms with Gasteiger partial charge in [0.2, 0.25) is 5.91 Å². The first-order chi connectivity index (χ1) is 14.1. The summed E-state index contributed by atoms with van der Waals surface area (Å²) in [5, 5.41) is 5.10. The number of nitrogens with zero attached hydrogens (tertiary/aromatic N) is 1. The number of ether oxygens (including phenoxy) is 2. The van der Waals surface area contributed by atoms with Crippen molar-refractivity contribution in [2.75, 3.05) is 30.0 Å². The number of fused-ring (bicyclic) bond motifs is 2. The maximum atomic E-state index is 12.5. The average molecular weight is 395 g/mol. The van der Waals surface area contributed by atoms with Crippen molar-refractivity contribution in [2.45, 2.75) is 32.2 Å². The third-order valence-electron chi connectivity index (χ3n) is 5.24. The SMILES string of the molecule is CC1CCc2ccccc2N1CC(=O)NC(=O)Nc1ccc2c(c1)OCCCO2. The van der Waals surface area contributed by atoms with Crippen LogP contribution >= 0.6 is 0 Å². The Labute approximate surface area is 170 Å². The van der Waals surface area contributed by atoms with E-state index < -0.39 is 6.03 Å². The van der Waals surface area contributed by atoms with Gasteiger partial charge in [-0.2, -0.15) is 0 Å². The highest BCUT2D eigenvalue weighted by atomic mass is 16.5. The van der Waals surface area contributed by atoms with Crippen molar-refractivity contribution in [2.24, 2.45) is 0 Å². The van der Waals surface area contributed by atoms with E-state index in [1.165, 1.54) is 5.56 Å². The normalized spacial score (nSPS) is 17.7. The van der Waals surface area contributed by atoms with Gasteiger partial charge in [0.15, 0.2) is 11.5 Å². The van der Waals surface area contributed by atoms with Gasteiger partial charge in [0, 0.05) is 29.9 Å². The number of amides is 3. The van der Waals surface area contributed by atoms with E-state index in [2.05, 4.69) is 28.5 Å². The predicted octanol–water partition coefficient (Wildman–Crippen LogP) is 3.34. The fourth-order valence-electron chi connectivity index (χ4n) is 3.73. The smallest absolute Gasteiger partial charge is 0.325 e. The van der Waals surface area contributed by atoms with Crippen molar-refractivity contribution in [3.05, 3.63) is 48.0 Å². The molecule has 2 N–H and O–H groups in total. The van der Waals surface area contributed by atoms with Crippen molar-refractivity contribution in [3.63, 3.8) is 0 Å². The van der Waals surface area contributed by atoms with Gasteiger partial charge in [-0.1, -0.05) is 18.2 Å². The Morgan fingerprint density at radius 1 is 1.10 bits per heavy atom. The Balaban J connectivity index is 1.37. The second-order valence-electron chi connectivity index (χ2n) is 7.36. The first-order valence-corrected chi connectivity index (χ1v) is 9.95. The van der Waals surface area contributed by atoms with E-state index in [0.717, 1.165) is 24.9 Å². The lowest BCUT2D eigenvalue weighted by molar-refractivity contribution is -0.118. The number of aryl methyl sites for hydroxylation is 1. The number of para-hydroxylation sites is 1. The highest BCUT2D eigenvalue weighted by Crippen LogP contribution is 2.32. The Hall–Kier alpha value is -3.22. The molecule has 2 aliphatic rings. The summed E-state index contributed by atoms with van der Waals surface area (Å²) in [6.07, 6.45) is 2.79. The van der Waals surface area contributed by atoms with Gasteiger partial charge in [0.05, 0.1) is 19.8 Å². The van der Waals surface area contributed by atoms with Crippen molar-refractivity contribution in [1.29, 1.82) is 0 Å². The van der Waals surface area contributed by atoms with Crippen LogP contribution < -0.4 is 25.0 Å². The number of imide groups is 1. The van der Waals surface area contributed by atoms with Crippen LogP contribution in [0, 0.1) is 0 Å². The molecular weight excluding hydrogens is 370 g/mol. The van der Waals surface area contributed by atoms with Gasteiger partial charge >= 0.3 is 6.03 Å². The van der Waals surface area contributed by atoms with Crippen LogP contribution in [0.15, 0.2) is 42.5 Å². The summed E-state index contributed by atoms with van der Waals surface area (Å²) in [4.78, 5) is 26.8. The number of benzene rings is 2. The van der Waals surface area contributed by atoms with Crippen molar-refractivity contribution in [1.82, 2.24) is 5.32 Å². The molecule has 1 unspecified atom stereocenters. The second-order valence-corrected chi connectivity index (χ2v) is 7.36. The molecule has 0 saturated heterocycles. The molecule has 4 rings (SSSR count). The second kappa shape index (κ2) is 8.43. The van der Waals surface area contributed by atoms with E-state index in [9.17, 15) is 9.59 Å². The molecule has 2 aromatic rings. The van der Waals surface area contributed by atoms with Crippen LogP contribution in [0.1, 0.15) is 25.3 Å². The number of rotatable bonds is 3. The van der Waals surface area contributed by atoms with Crippen LogP contribution in [0.2, 0.25) is 0 Å². The molecule has 0 saturated carbocycles. The van der Waals surface area contributed by atoms with Gasteiger partial charge in [-0.05, 0) is 43.5 Å². The zero-order valence-electron chi connectivity index (χ0n) is 16.4. The van der Waals surface area contributed by atoms with Crippen LogP contribution in [0.25, 0.3) is 0 Å². The van der Waals surface area contributed by atoms with E-state index in [0.29, 0.717) is 30.4 Å². The van der Waals surface area contributed by atoms with Crippen molar-refractivity contribution in [3.8, 4) is 11.5 Å². The fraction of sp³-hybridized carbons (Fsp3) is 0.364. The van der Waals surface area contributed by atoms with Crippen LogP contribution in [-0.4, -0.2) is 37.7 Å². The van der Waals surface area contributed by atoms with E-state index in [4.69, 9.17) is 9.47 Å². The van der Waals surface area contributed by atoms with Gasteiger partial charge < -0.3 is 19.7 Å². The Morgan fingerprint density at radius 3 is 2.76 bits per heavy atom. The highest BCUT2D eigenvalue weighted by Gasteiger charge is 2.25. The number of carbonyl (C=O) groups is 2. The lowest BCUT2D eigenvalue weighted by atomic mass is 9.97. The summed E-state index contributed by atoms with van der Waals surface area (Å²) in [7, 11) is 0. The molecule has 7 nitrogen and oxygen atoms in total. The van der Waals surface area contributed by atoms with E-state index in [1.54, 1.807) is 18.2 Å². The number of hydrogen-bond donors (Lipinski definition) is 2. The van der Waals surface area contributed by atoms with E-state index in [1.807, 2.05) is 18.2 Å². The molecule has 0 radical (unpaired) electrons. The summed E-state index contributed by atoms with van der Waals surface area (Å²) in [5.74, 6) is 0.896. The lowest BCUT2D eigenvalue weighted by Gasteiger charge is -2.36. The van der Waals surface area contributed by atoms with Crippen molar-refractivity contribution >= 4 is 23.3 Å². The number of urea groups is 1. The molecule has 0 bridgehead atoms. The first kappa shape index (κ1) is 19.1. The summed E-state index contributed by atoms with van der Waals surface area (Å²) in [6.45, 7) is 3.40. The van der Waals surface area contributed by atoms with Gasteiger partial charge in [-0.15, -0.1) is 0 Å². The highest BCUT2D eigenvalue weighted by molar-refractivity contribution is 6.02. The quantitative estimate of drug-likeness (QED) is 0.833. The topological polar surface area (TPSA) is 79.9 Å². The molecule has 0 spiro atoms. The zero-order valence-corrected chi connectivity index (χ0v) is 16.4. The Morgan fingerprint density at radius 2 is 1.90 bits per heavy atom. The summed E-state index contributed by atoms with van der Waals surface area (Å²) < 4.78 is 11.2. The van der Waals surface area contributed by atoms with Gasteiger partial charge in [0.1, 0.15) is 0 Å². The molecule has 152 valence electrons. The predicted molar refractivity (Wildman–Crippen MR) is 111 cm³/mol. The van der Waals surface area contributed by atoms with Gasteiger partial charge in [-0.3, -0.25) is 10.1 Å². The molecule has 0 aliphatic carbocycles. The third kappa shape index (κ3) is 4.45. The molecule has 2 aliphatic heterocycles. The lowest BCUT2D eigenvalue weighted by Crippen LogP contribution is -2.46. The third-order valence-corrected chi connectivity index (χ3v) is 5.24. The summed E-state index contributed by atoms with van der Waals surface area (Å²) >= 11 is 0. The minimum absolute atomic E-state index is 0.132. The van der Waals surface area contributed by atoms with Gasteiger partial charge in [-0.25, -0.2) is 4.79 Å². The molecule has 2 heterocycles. The molecule has 0 aromatic heterocycles. The summed E-state index contributed by atoms with van der Waals surface area (Å²) in [5.41, 5.74) is 2.83. The Kier molecular flexibility index (Phi) is 5.55. The zero-order chi connectivity index (χ0) is 20.2. The monoisotopic (exact) mass is 395 g/mol. The standard InChI is InChI=1S/C22H25N3O4/c1-15-7-8-16-5-2-3-6-18(16)25(15)14-21(26)24-22(27)23-17-9-10-19-20(13-17)29-12-4-11-28-19/h2-3,5-6,9-10,13,15H,4,7-8,11-12,14H2,1H3,(H2,23,24,26,27). The average Bonchev–Trinajstić information content (AvgIpc) is 2.95. The molecule has 1 atom stereocenters. The maximum absolute atomic E-state index is 12.5. The molecular formula is C22H25N3O4. The van der Waals surface area contributed by atoms with E-state index >= 15 is 0 Å². The van der Waals surface area contributed by atoms with Crippen LogP contribution in [-0.2, 0) is 11.2 Å². The van der Waals surface area contributed by atoms with Crippen molar-refractivity contribution < 1.29 is 19.1 Å². The minimum atomic E-state index is -0.567. The maximum Gasteiger partial charge on any atom is 0.325 e. The number of carbonyl (C=O) groups excluding carboxylic acids is 2. The number of anilines is 2. The molecule has 29 heavy (non-hydrogen) atoms. The largest absolute Gasteiger partial charge is 0.490 e. The molecule has 7 heteroatoms. The van der Waals surface area contributed by atoms with E-state index in [-0.39, 0.29) is 18.5 Å². The Bertz CT molecular complexity index is 915. The molecule has 2 aromatic carbocycles. The molecule has 3 amide bonds.